The number of furan rings is 1. The Morgan fingerprint density at radius 3 is 1.80 bits per heavy atom. The van der Waals surface area contributed by atoms with Crippen LogP contribution in [-0.4, -0.2) is 0 Å². The highest BCUT2D eigenvalue weighted by atomic mass is 16.3. The zero-order valence-electron chi connectivity index (χ0n) is 30.9. The first-order valence-electron chi connectivity index (χ1n) is 19.0. The fourth-order valence-corrected chi connectivity index (χ4v) is 9.71. The maximum Gasteiger partial charge on any atom is 0.143 e. The third-order valence-electron chi connectivity index (χ3n) is 12.5. The van der Waals surface area contributed by atoms with Gasteiger partial charge in [0.2, 0.25) is 0 Å². The summed E-state index contributed by atoms with van der Waals surface area (Å²) in [5.74, 6) is 0. The molecule has 0 saturated heterocycles. The Balaban J connectivity index is 1.08. The second-order valence-corrected chi connectivity index (χ2v) is 16.1. The Morgan fingerprint density at radius 2 is 1.00 bits per heavy atom. The van der Waals surface area contributed by atoms with Crippen LogP contribution in [0.2, 0.25) is 0 Å². The molecule has 0 atom stereocenters. The number of anilines is 3. The third kappa shape index (κ3) is 4.28. The normalized spacial score (nSPS) is 14.6. The van der Waals surface area contributed by atoms with E-state index < -0.39 is 0 Å². The smallest absolute Gasteiger partial charge is 0.143 e. The van der Waals surface area contributed by atoms with Crippen LogP contribution >= 0.6 is 0 Å². The molecule has 2 nitrogen and oxygen atoms in total. The van der Waals surface area contributed by atoms with Crippen molar-refractivity contribution in [3.63, 3.8) is 0 Å². The molecular formula is C52H39NO. The zero-order chi connectivity index (χ0) is 36.3. The van der Waals surface area contributed by atoms with E-state index in [0.29, 0.717) is 0 Å². The average Bonchev–Trinajstić information content (AvgIpc) is 3.78. The summed E-state index contributed by atoms with van der Waals surface area (Å²) < 4.78 is 6.55. The molecule has 0 spiro atoms. The lowest BCUT2D eigenvalue weighted by Crippen LogP contribution is -2.17. The largest absolute Gasteiger partial charge is 0.455 e. The van der Waals surface area contributed by atoms with Gasteiger partial charge in [-0.05, 0) is 110 Å². The van der Waals surface area contributed by atoms with Gasteiger partial charge in [0, 0.05) is 44.1 Å². The molecule has 9 aromatic rings. The summed E-state index contributed by atoms with van der Waals surface area (Å²) in [7, 11) is 0. The fraction of sp³-hybridized carbons (Fsp3) is 0.115. The van der Waals surface area contributed by atoms with Gasteiger partial charge in [-0.25, -0.2) is 0 Å². The van der Waals surface area contributed by atoms with E-state index in [9.17, 15) is 0 Å². The average molecular weight is 694 g/mol. The minimum absolute atomic E-state index is 0.0507. The standard InChI is InChI=1S/C52H39NO/c1-51(2)45-18-10-8-15-40(45)43-30-35(26-29-46(43)51)53(36-25-28-41-39-14-7-9-17-44(39)52(3,4)47(41)31-36)34-23-20-33(21-24-34)37-16-11-19-48-49(37)42-27-22-32-12-5-6-13-38(32)50(42)54-48/h5-31H,1-4H3. The molecule has 2 heteroatoms. The highest BCUT2D eigenvalue weighted by Gasteiger charge is 2.37. The van der Waals surface area contributed by atoms with Crippen molar-refractivity contribution in [2.75, 3.05) is 4.90 Å². The molecule has 0 saturated carbocycles. The van der Waals surface area contributed by atoms with Crippen LogP contribution in [0.4, 0.5) is 17.1 Å². The van der Waals surface area contributed by atoms with Gasteiger partial charge >= 0.3 is 0 Å². The number of hydrogen-bond donors (Lipinski definition) is 0. The van der Waals surface area contributed by atoms with Crippen LogP contribution in [0.3, 0.4) is 0 Å². The lowest BCUT2D eigenvalue weighted by molar-refractivity contribution is 0.660. The number of fused-ring (bicyclic) bond motifs is 11. The van der Waals surface area contributed by atoms with E-state index in [-0.39, 0.29) is 10.8 Å². The van der Waals surface area contributed by atoms with Crippen LogP contribution in [0.15, 0.2) is 168 Å². The molecule has 258 valence electrons. The summed E-state index contributed by atoms with van der Waals surface area (Å²) in [5, 5.41) is 4.63. The Kier molecular flexibility index (Phi) is 6.39. The lowest BCUT2D eigenvalue weighted by atomic mass is 9.82. The summed E-state index contributed by atoms with van der Waals surface area (Å²) in [6.07, 6.45) is 0. The maximum absolute atomic E-state index is 6.55. The molecule has 0 N–H and O–H groups in total. The topological polar surface area (TPSA) is 16.4 Å². The van der Waals surface area contributed by atoms with Gasteiger partial charge < -0.3 is 9.32 Å². The predicted molar refractivity (Wildman–Crippen MR) is 226 cm³/mol. The van der Waals surface area contributed by atoms with Gasteiger partial charge in [0.15, 0.2) is 0 Å². The number of benzene rings is 8. The van der Waals surface area contributed by atoms with E-state index >= 15 is 0 Å². The number of hydrogen-bond acceptors (Lipinski definition) is 2. The van der Waals surface area contributed by atoms with Gasteiger partial charge in [0.1, 0.15) is 11.2 Å². The van der Waals surface area contributed by atoms with Gasteiger partial charge in [-0.3, -0.25) is 0 Å². The minimum atomic E-state index is -0.101. The quantitative estimate of drug-likeness (QED) is 0.182. The van der Waals surface area contributed by atoms with Crippen molar-refractivity contribution in [2.45, 2.75) is 38.5 Å². The molecular weight excluding hydrogens is 655 g/mol. The number of rotatable bonds is 4. The minimum Gasteiger partial charge on any atom is -0.455 e. The van der Waals surface area contributed by atoms with Gasteiger partial charge in [-0.2, -0.15) is 0 Å². The van der Waals surface area contributed by atoms with Crippen LogP contribution in [0.1, 0.15) is 49.9 Å². The maximum atomic E-state index is 6.55. The SMILES string of the molecule is CC1(C)c2ccccc2-c2cc(N(c3ccc(-c4cccc5oc6c7ccccc7ccc6c45)cc3)c3ccc4c(c3)C(C)(C)c3ccccc3-4)ccc21. The third-order valence-corrected chi connectivity index (χ3v) is 12.5. The molecule has 0 fully saturated rings. The van der Waals surface area contributed by atoms with E-state index in [0.717, 1.165) is 50.0 Å². The van der Waals surface area contributed by atoms with E-state index in [1.54, 1.807) is 0 Å². The van der Waals surface area contributed by atoms with Crippen LogP contribution in [0.5, 0.6) is 0 Å². The van der Waals surface area contributed by atoms with Crippen molar-refractivity contribution < 1.29 is 4.42 Å². The van der Waals surface area contributed by atoms with E-state index in [4.69, 9.17) is 4.42 Å². The molecule has 11 rings (SSSR count). The van der Waals surface area contributed by atoms with Crippen molar-refractivity contribution in [1.29, 1.82) is 0 Å². The fourth-order valence-electron chi connectivity index (χ4n) is 9.71. The van der Waals surface area contributed by atoms with Crippen molar-refractivity contribution in [3.05, 3.63) is 186 Å². The second kappa shape index (κ2) is 11.1. The molecule has 0 unspecified atom stereocenters. The molecule has 0 bridgehead atoms. The highest BCUT2D eigenvalue weighted by Crippen LogP contribution is 2.53. The molecule has 54 heavy (non-hydrogen) atoms. The summed E-state index contributed by atoms with van der Waals surface area (Å²) in [5.41, 5.74) is 18.3. The Labute approximate surface area is 315 Å². The van der Waals surface area contributed by atoms with Gasteiger partial charge in [0.25, 0.3) is 0 Å². The molecule has 0 radical (unpaired) electrons. The summed E-state index contributed by atoms with van der Waals surface area (Å²) in [6, 6.07) is 60.3. The van der Waals surface area contributed by atoms with Crippen LogP contribution in [0.25, 0.3) is 66.1 Å². The highest BCUT2D eigenvalue weighted by molar-refractivity contribution is 6.19. The molecule has 0 amide bonds. The molecule has 0 aliphatic heterocycles. The summed E-state index contributed by atoms with van der Waals surface area (Å²) >= 11 is 0. The molecule has 2 aliphatic carbocycles. The molecule has 8 aromatic carbocycles. The molecule has 1 heterocycles. The summed E-state index contributed by atoms with van der Waals surface area (Å²) in [4.78, 5) is 2.44. The van der Waals surface area contributed by atoms with Gasteiger partial charge in [-0.1, -0.05) is 143 Å². The van der Waals surface area contributed by atoms with E-state index in [1.807, 2.05) is 0 Å². The Bertz CT molecular complexity index is 3000. The van der Waals surface area contributed by atoms with Crippen molar-refractivity contribution in [2.24, 2.45) is 0 Å². The first-order chi connectivity index (χ1) is 26.3. The Morgan fingerprint density at radius 1 is 0.407 bits per heavy atom. The first kappa shape index (κ1) is 31.2. The predicted octanol–water partition coefficient (Wildman–Crippen LogP) is 14.5. The van der Waals surface area contributed by atoms with E-state index in [1.165, 1.54) is 55.5 Å². The summed E-state index contributed by atoms with van der Waals surface area (Å²) in [6.45, 7) is 9.41. The van der Waals surface area contributed by atoms with Crippen molar-refractivity contribution in [3.8, 4) is 33.4 Å². The zero-order valence-corrected chi connectivity index (χ0v) is 30.9. The van der Waals surface area contributed by atoms with Gasteiger partial charge in [-0.15, -0.1) is 0 Å². The first-order valence-corrected chi connectivity index (χ1v) is 19.0. The van der Waals surface area contributed by atoms with Crippen LogP contribution in [-0.2, 0) is 10.8 Å². The van der Waals surface area contributed by atoms with Crippen LogP contribution < -0.4 is 4.90 Å². The molecule has 1 aromatic heterocycles. The lowest BCUT2D eigenvalue weighted by Gasteiger charge is -2.29. The Hall–Kier alpha value is -6.38. The monoisotopic (exact) mass is 693 g/mol. The van der Waals surface area contributed by atoms with Crippen LogP contribution in [0, 0.1) is 0 Å². The van der Waals surface area contributed by atoms with E-state index in [2.05, 4.69) is 196 Å². The number of nitrogens with zero attached hydrogens (tertiary/aromatic N) is 1. The van der Waals surface area contributed by atoms with Gasteiger partial charge in [0.05, 0.1) is 0 Å². The second-order valence-electron chi connectivity index (χ2n) is 16.1. The van der Waals surface area contributed by atoms with Crippen molar-refractivity contribution in [1.82, 2.24) is 0 Å². The molecule has 2 aliphatic rings. The van der Waals surface area contributed by atoms with Crippen molar-refractivity contribution >= 4 is 49.8 Å².